The first-order chi connectivity index (χ1) is 12.5. The van der Waals surface area contributed by atoms with E-state index in [1.165, 1.54) is 6.07 Å². The van der Waals surface area contributed by atoms with Crippen LogP contribution in [0.5, 0.6) is 5.75 Å². The van der Waals surface area contributed by atoms with E-state index in [1.54, 1.807) is 24.3 Å². The molecule has 1 aliphatic heterocycles. The third kappa shape index (κ3) is 4.64. The third-order valence-electron chi connectivity index (χ3n) is 4.12. The number of alkyl halides is 3. The summed E-state index contributed by atoms with van der Waals surface area (Å²) < 4.78 is 49.3. The Morgan fingerprint density at radius 1 is 1.19 bits per heavy atom. The average molecular weight is 368 g/mol. The van der Waals surface area contributed by atoms with Crippen LogP contribution in [0, 0.1) is 0 Å². The number of pyridine rings is 1. The van der Waals surface area contributed by atoms with Crippen molar-refractivity contribution >= 4 is 5.82 Å². The second kappa shape index (κ2) is 7.92. The van der Waals surface area contributed by atoms with Gasteiger partial charge in [-0.3, -0.25) is 0 Å². The van der Waals surface area contributed by atoms with Crippen molar-refractivity contribution in [2.75, 3.05) is 18.5 Å². The predicted octanol–water partition coefficient (Wildman–Crippen LogP) is 3.24. The number of hydrogen-bond acceptors (Lipinski definition) is 5. The van der Waals surface area contributed by atoms with E-state index in [4.69, 9.17) is 14.6 Å². The number of halogens is 3. The minimum absolute atomic E-state index is 0.0450. The van der Waals surface area contributed by atoms with Crippen LogP contribution in [-0.2, 0) is 17.5 Å². The maximum Gasteiger partial charge on any atom is 0.417 e. The molecule has 0 unspecified atom stereocenters. The number of nitrogens with zero attached hydrogens (tertiary/aromatic N) is 1. The summed E-state index contributed by atoms with van der Waals surface area (Å²) in [5.41, 5.74) is -0.00678. The van der Waals surface area contributed by atoms with E-state index < -0.39 is 11.7 Å². The van der Waals surface area contributed by atoms with Crippen molar-refractivity contribution in [3.8, 4) is 5.75 Å². The van der Waals surface area contributed by atoms with Gasteiger partial charge in [-0.15, -0.1) is 0 Å². The highest BCUT2D eigenvalue weighted by molar-refractivity contribution is 5.38. The SMILES string of the molecule is OCc1ccc(O[C@@H]2COCC[C@H]2Nc2ccc(C(F)(F)F)cn2)cc1. The van der Waals surface area contributed by atoms with Crippen LogP contribution in [0.25, 0.3) is 0 Å². The van der Waals surface area contributed by atoms with E-state index in [-0.39, 0.29) is 18.8 Å². The highest BCUT2D eigenvalue weighted by Crippen LogP contribution is 2.29. The molecule has 1 aliphatic rings. The van der Waals surface area contributed by atoms with Crippen LogP contribution in [0.2, 0.25) is 0 Å². The molecule has 1 fully saturated rings. The summed E-state index contributed by atoms with van der Waals surface area (Å²) in [6.07, 6.45) is -3.27. The number of aliphatic hydroxyl groups is 1. The molecule has 26 heavy (non-hydrogen) atoms. The number of aromatic nitrogens is 1. The standard InChI is InChI=1S/C18H19F3N2O3/c19-18(20,21)13-3-6-17(22-9-13)23-15-7-8-25-11-16(15)26-14-4-1-12(10-24)2-5-14/h1-6,9,15-16,24H,7-8,10-11H2,(H,22,23)/t15-,16-/m1/s1. The number of hydrogen-bond donors (Lipinski definition) is 2. The Morgan fingerprint density at radius 3 is 2.58 bits per heavy atom. The molecular weight excluding hydrogens is 349 g/mol. The molecular formula is C18H19F3N2O3. The Bertz CT molecular complexity index is 705. The molecule has 2 N–H and O–H groups in total. The third-order valence-corrected chi connectivity index (χ3v) is 4.12. The van der Waals surface area contributed by atoms with Gasteiger partial charge in [0.15, 0.2) is 0 Å². The van der Waals surface area contributed by atoms with E-state index in [1.807, 2.05) is 0 Å². The van der Waals surface area contributed by atoms with Crippen LogP contribution in [0.3, 0.4) is 0 Å². The van der Waals surface area contributed by atoms with Gasteiger partial charge in [0.2, 0.25) is 0 Å². The van der Waals surface area contributed by atoms with Crippen molar-refractivity contribution in [3.63, 3.8) is 0 Å². The van der Waals surface area contributed by atoms with Crippen LogP contribution in [0.15, 0.2) is 42.6 Å². The number of benzene rings is 1. The predicted molar refractivity (Wildman–Crippen MR) is 88.9 cm³/mol. The van der Waals surface area contributed by atoms with Gasteiger partial charge in [-0.2, -0.15) is 13.2 Å². The van der Waals surface area contributed by atoms with Gasteiger partial charge < -0.3 is 19.9 Å². The van der Waals surface area contributed by atoms with Gasteiger partial charge in [0.25, 0.3) is 0 Å². The topological polar surface area (TPSA) is 63.6 Å². The Labute approximate surface area is 148 Å². The van der Waals surface area contributed by atoms with Gasteiger partial charge in [-0.25, -0.2) is 4.98 Å². The highest BCUT2D eigenvalue weighted by atomic mass is 19.4. The number of nitrogens with one attached hydrogen (secondary N) is 1. The molecule has 2 heterocycles. The highest BCUT2D eigenvalue weighted by Gasteiger charge is 2.31. The Kier molecular flexibility index (Phi) is 5.63. The Balaban J connectivity index is 1.66. The summed E-state index contributed by atoms with van der Waals surface area (Å²) in [6.45, 7) is 0.845. The largest absolute Gasteiger partial charge is 0.486 e. The van der Waals surface area contributed by atoms with Gasteiger partial charge in [0.1, 0.15) is 17.7 Å². The maximum atomic E-state index is 12.6. The van der Waals surface area contributed by atoms with Gasteiger partial charge in [0.05, 0.1) is 24.8 Å². The summed E-state index contributed by atoms with van der Waals surface area (Å²) in [5, 5.41) is 12.2. The van der Waals surface area contributed by atoms with E-state index in [0.29, 0.717) is 31.2 Å². The maximum absolute atomic E-state index is 12.6. The Hall–Kier alpha value is -2.32. The molecule has 0 saturated carbocycles. The van der Waals surface area contributed by atoms with Crippen molar-refractivity contribution in [1.29, 1.82) is 0 Å². The van der Waals surface area contributed by atoms with Gasteiger partial charge in [-0.1, -0.05) is 12.1 Å². The first-order valence-corrected chi connectivity index (χ1v) is 8.19. The molecule has 0 amide bonds. The van der Waals surface area contributed by atoms with Crippen LogP contribution >= 0.6 is 0 Å². The number of anilines is 1. The summed E-state index contributed by atoms with van der Waals surface area (Å²) in [7, 11) is 0. The summed E-state index contributed by atoms with van der Waals surface area (Å²) in [5.74, 6) is 0.985. The second-order valence-electron chi connectivity index (χ2n) is 6.00. The quantitative estimate of drug-likeness (QED) is 0.848. The van der Waals surface area contributed by atoms with Crippen molar-refractivity contribution in [2.24, 2.45) is 0 Å². The summed E-state index contributed by atoms with van der Waals surface area (Å²) in [6, 6.07) is 9.20. The molecule has 0 aliphatic carbocycles. The fourth-order valence-electron chi connectivity index (χ4n) is 2.68. The molecule has 2 aromatic rings. The van der Waals surface area contributed by atoms with Crippen LogP contribution in [0.1, 0.15) is 17.5 Å². The van der Waals surface area contributed by atoms with Crippen LogP contribution < -0.4 is 10.1 Å². The minimum atomic E-state index is -4.41. The number of aliphatic hydroxyl groups excluding tert-OH is 1. The second-order valence-corrected chi connectivity index (χ2v) is 6.00. The fraction of sp³-hybridized carbons (Fsp3) is 0.389. The zero-order chi connectivity index (χ0) is 18.6. The molecule has 0 radical (unpaired) electrons. The van der Waals surface area contributed by atoms with Crippen molar-refractivity contribution in [2.45, 2.75) is 31.3 Å². The van der Waals surface area contributed by atoms with Crippen molar-refractivity contribution in [3.05, 3.63) is 53.7 Å². The van der Waals surface area contributed by atoms with Gasteiger partial charge in [-0.05, 0) is 36.2 Å². The van der Waals surface area contributed by atoms with E-state index in [9.17, 15) is 13.2 Å². The first-order valence-electron chi connectivity index (χ1n) is 8.19. The first kappa shape index (κ1) is 18.5. The minimum Gasteiger partial charge on any atom is -0.486 e. The van der Waals surface area contributed by atoms with Gasteiger partial charge >= 0.3 is 6.18 Å². The molecule has 5 nitrogen and oxygen atoms in total. The van der Waals surface area contributed by atoms with E-state index >= 15 is 0 Å². The van der Waals surface area contributed by atoms with Gasteiger partial charge in [0, 0.05) is 12.8 Å². The number of ether oxygens (including phenoxy) is 2. The van der Waals surface area contributed by atoms with E-state index in [2.05, 4.69) is 10.3 Å². The molecule has 2 atom stereocenters. The molecule has 140 valence electrons. The van der Waals surface area contributed by atoms with Crippen LogP contribution in [0.4, 0.5) is 19.0 Å². The lowest BCUT2D eigenvalue weighted by Gasteiger charge is -2.32. The Morgan fingerprint density at radius 2 is 1.96 bits per heavy atom. The lowest BCUT2D eigenvalue weighted by Crippen LogP contribution is -2.45. The lowest BCUT2D eigenvalue weighted by molar-refractivity contribution is -0.137. The number of rotatable bonds is 5. The normalized spacial score (nSPS) is 20.6. The monoisotopic (exact) mass is 368 g/mol. The van der Waals surface area contributed by atoms with E-state index in [0.717, 1.165) is 17.8 Å². The smallest absolute Gasteiger partial charge is 0.417 e. The molecule has 0 bridgehead atoms. The summed E-state index contributed by atoms with van der Waals surface area (Å²) in [4.78, 5) is 3.85. The molecule has 0 spiro atoms. The molecule has 8 heteroatoms. The van der Waals surface area contributed by atoms with Crippen molar-refractivity contribution < 1.29 is 27.8 Å². The average Bonchev–Trinajstić information content (AvgIpc) is 2.64. The van der Waals surface area contributed by atoms with Crippen LogP contribution in [-0.4, -0.2) is 35.5 Å². The molecule has 1 saturated heterocycles. The fourth-order valence-corrected chi connectivity index (χ4v) is 2.68. The molecule has 3 rings (SSSR count). The van der Waals surface area contributed by atoms with Crippen molar-refractivity contribution in [1.82, 2.24) is 4.98 Å². The zero-order valence-electron chi connectivity index (χ0n) is 13.9. The summed E-state index contributed by atoms with van der Waals surface area (Å²) >= 11 is 0. The zero-order valence-corrected chi connectivity index (χ0v) is 13.9. The molecule has 1 aromatic heterocycles. The molecule has 1 aromatic carbocycles. The lowest BCUT2D eigenvalue weighted by atomic mass is 10.1.